The Bertz CT molecular complexity index is 1130. The summed E-state index contributed by atoms with van der Waals surface area (Å²) in [5.41, 5.74) is 2.77. The Balaban J connectivity index is 1.73. The predicted octanol–water partition coefficient (Wildman–Crippen LogP) is 4.16. The van der Waals surface area contributed by atoms with Crippen molar-refractivity contribution < 1.29 is 23.9 Å². The van der Waals surface area contributed by atoms with Crippen molar-refractivity contribution in [1.29, 1.82) is 0 Å². The molecule has 184 valence electrons. The standard InChI is InChI=1S/C26H28N2O5S2/c1-17(29)35-16-21(13-19-5-4-6-22(14-19)32-2)24(30)28-23(26(31)33-3)15-18-7-9-20(10-8-18)25-27-11-12-34-25/h4-12,14,21,23H,13,15-16H2,1-3H3,(H,28,30)/t21?,23-/m0/s1. The molecular weight excluding hydrogens is 484 g/mol. The van der Waals surface area contributed by atoms with Gasteiger partial charge in [-0.2, -0.15) is 0 Å². The van der Waals surface area contributed by atoms with Crippen LogP contribution in [0.3, 0.4) is 0 Å². The highest BCUT2D eigenvalue weighted by molar-refractivity contribution is 8.13. The van der Waals surface area contributed by atoms with E-state index >= 15 is 0 Å². The van der Waals surface area contributed by atoms with Gasteiger partial charge in [0.05, 0.1) is 20.1 Å². The number of ether oxygens (including phenoxy) is 2. The first-order chi connectivity index (χ1) is 16.9. The first-order valence-electron chi connectivity index (χ1n) is 11.0. The van der Waals surface area contributed by atoms with E-state index in [0.717, 1.165) is 33.5 Å². The average molecular weight is 513 g/mol. The van der Waals surface area contributed by atoms with Gasteiger partial charge in [0.1, 0.15) is 16.8 Å². The lowest BCUT2D eigenvalue weighted by Crippen LogP contribution is -2.46. The number of nitrogens with zero attached hydrogens (tertiary/aromatic N) is 1. The molecule has 0 radical (unpaired) electrons. The van der Waals surface area contributed by atoms with Crippen molar-refractivity contribution in [3.05, 3.63) is 71.2 Å². The van der Waals surface area contributed by atoms with Crippen molar-refractivity contribution in [3.8, 4) is 16.3 Å². The number of methoxy groups -OCH3 is 2. The quantitative estimate of drug-likeness (QED) is 0.386. The maximum atomic E-state index is 13.3. The van der Waals surface area contributed by atoms with Crippen LogP contribution in [0.1, 0.15) is 18.1 Å². The summed E-state index contributed by atoms with van der Waals surface area (Å²) in [7, 11) is 2.88. The van der Waals surface area contributed by atoms with Crippen LogP contribution in [-0.2, 0) is 32.0 Å². The molecule has 3 rings (SSSR count). The van der Waals surface area contributed by atoms with Crippen LogP contribution in [0.4, 0.5) is 0 Å². The number of thioether (sulfide) groups is 1. The molecule has 2 atom stereocenters. The third-order valence-corrected chi connectivity index (χ3v) is 7.15. The van der Waals surface area contributed by atoms with Crippen LogP contribution in [0.25, 0.3) is 10.6 Å². The van der Waals surface area contributed by atoms with Crippen molar-refractivity contribution >= 4 is 40.1 Å². The van der Waals surface area contributed by atoms with Crippen molar-refractivity contribution in [1.82, 2.24) is 10.3 Å². The zero-order chi connectivity index (χ0) is 25.2. The number of aromatic nitrogens is 1. The van der Waals surface area contributed by atoms with Gasteiger partial charge < -0.3 is 14.8 Å². The van der Waals surface area contributed by atoms with E-state index in [-0.39, 0.29) is 17.4 Å². The smallest absolute Gasteiger partial charge is 0.328 e. The summed E-state index contributed by atoms with van der Waals surface area (Å²) < 4.78 is 10.2. The molecule has 0 aliphatic rings. The zero-order valence-corrected chi connectivity index (χ0v) is 21.5. The summed E-state index contributed by atoms with van der Waals surface area (Å²) in [5.74, 6) is -0.363. The van der Waals surface area contributed by atoms with E-state index in [4.69, 9.17) is 9.47 Å². The lowest BCUT2D eigenvalue weighted by molar-refractivity contribution is -0.145. The van der Waals surface area contributed by atoms with Crippen molar-refractivity contribution in [3.63, 3.8) is 0 Å². The molecule has 3 aromatic rings. The maximum absolute atomic E-state index is 13.3. The van der Waals surface area contributed by atoms with Crippen LogP contribution in [0.5, 0.6) is 5.75 Å². The summed E-state index contributed by atoms with van der Waals surface area (Å²) in [6.07, 6.45) is 2.44. The molecule has 2 aromatic carbocycles. The van der Waals surface area contributed by atoms with Crippen LogP contribution in [-0.4, -0.2) is 48.0 Å². The highest BCUT2D eigenvalue weighted by Gasteiger charge is 2.27. The fraction of sp³-hybridized carbons (Fsp3) is 0.308. The van der Waals surface area contributed by atoms with Gasteiger partial charge in [-0.1, -0.05) is 48.2 Å². The van der Waals surface area contributed by atoms with Gasteiger partial charge in [-0.25, -0.2) is 9.78 Å². The molecule has 1 N–H and O–H groups in total. The molecule has 7 nitrogen and oxygen atoms in total. The van der Waals surface area contributed by atoms with E-state index in [1.54, 1.807) is 24.6 Å². The number of hydrogen-bond acceptors (Lipinski definition) is 8. The fourth-order valence-electron chi connectivity index (χ4n) is 3.54. The zero-order valence-electron chi connectivity index (χ0n) is 19.9. The summed E-state index contributed by atoms with van der Waals surface area (Å²) in [6, 6.07) is 14.3. The molecule has 0 bridgehead atoms. The monoisotopic (exact) mass is 512 g/mol. The van der Waals surface area contributed by atoms with Crippen LogP contribution in [0, 0.1) is 5.92 Å². The van der Waals surface area contributed by atoms with Crippen molar-refractivity contribution in [2.45, 2.75) is 25.8 Å². The number of carbonyl (C=O) groups excluding carboxylic acids is 3. The van der Waals surface area contributed by atoms with E-state index < -0.39 is 17.9 Å². The highest BCUT2D eigenvalue weighted by Crippen LogP contribution is 2.23. The Morgan fingerprint density at radius 3 is 2.46 bits per heavy atom. The Labute approximate surface area is 213 Å². The third kappa shape index (κ3) is 7.93. The molecule has 0 saturated carbocycles. The van der Waals surface area contributed by atoms with Crippen molar-refractivity contribution in [2.24, 2.45) is 5.92 Å². The molecule has 1 heterocycles. The maximum Gasteiger partial charge on any atom is 0.328 e. The third-order valence-electron chi connectivity index (χ3n) is 5.35. The van der Waals surface area contributed by atoms with Gasteiger partial charge in [0.25, 0.3) is 0 Å². The van der Waals surface area contributed by atoms with Crippen molar-refractivity contribution in [2.75, 3.05) is 20.0 Å². The van der Waals surface area contributed by atoms with E-state index in [1.165, 1.54) is 14.0 Å². The number of carbonyl (C=O) groups is 3. The Morgan fingerprint density at radius 2 is 1.83 bits per heavy atom. The van der Waals surface area contributed by atoms with Gasteiger partial charge in [-0.15, -0.1) is 11.3 Å². The lowest BCUT2D eigenvalue weighted by atomic mass is 9.98. The highest BCUT2D eigenvalue weighted by atomic mass is 32.2. The molecular formula is C26H28N2O5S2. The number of benzene rings is 2. The number of nitrogens with one attached hydrogen (secondary N) is 1. The number of amides is 1. The van der Waals surface area contributed by atoms with Gasteiger partial charge in [-0.05, 0) is 29.7 Å². The molecule has 1 amide bonds. The van der Waals surface area contributed by atoms with Crippen LogP contribution in [0.15, 0.2) is 60.1 Å². The lowest BCUT2D eigenvalue weighted by Gasteiger charge is -2.21. The number of esters is 1. The molecule has 9 heteroatoms. The molecule has 35 heavy (non-hydrogen) atoms. The number of hydrogen-bond donors (Lipinski definition) is 1. The first kappa shape index (κ1) is 26.4. The van der Waals surface area contributed by atoms with Gasteiger partial charge in [0, 0.05) is 36.2 Å². The molecule has 1 unspecified atom stereocenters. The second-order valence-corrected chi connectivity index (χ2v) is 9.97. The summed E-state index contributed by atoms with van der Waals surface area (Å²) in [5, 5.41) is 5.61. The molecule has 0 spiro atoms. The van der Waals surface area contributed by atoms with Gasteiger partial charge >= 0.3 is 5.97 Å². The van der Waals surface area contributed by atoms with E-state index in [1.807, 2.05) is 53.9 Å². The van der Waals surface area contributed by atoms with Crippen LogP contribution >= 0.6 is 23.1 Å². The van der Waals surface area contributed by atoms with E-state index in [2.05, 4.69) is 10.3 Å². The van der Waals surface area contributed by atoms with Crippen LogP contribution < -0.4 is 10.1 Å². The normalized spacial score (nSPS) is 12.4. The predicted molar refractivity (Wildman–Crippen MR) is 139 cm³/mol. The summed E-state index contributed by atoms with van der Waals surface area (Å²) in [4.78, 5) is 41.7. The Kier molecular flexibility index (Phi) is 9.86. The molecule has 0 saturated heterocycles. The molecule has 0 aliphatic heterocycles. The number of thiazole rings is 1. The van der Waals surface area contributed by atoms with Gasteiger partial charge in [0.15, 0.2) is 5.12 Å². The molecule has 1 aromatic heterocycles. The van der Waals surface area contributed by atoms with E-state index in [0.29, 0.717) is 17.9 Å². The van der Waals surface area contributed by atoms with Gasteiger partial charge in [0.2, 0.25) is 5.91 Å². The Hall–Kier alpha value is -3.17. The first-order valence-corrected chi connectivity index (χ1v) is 12.9. The topological polar surface area (TPSA) is 94.6 Å². The summed E-state index contributed by atoms with van der Waals surface area (Å²) >= 11 is 2.64. The minimum atomic E-state index is -0.853. The fourth-order valence-corrected chi connectivity index (χ4v) is 4.89. The SMILES string of the molecule is COC(=O)[C@H](Cc1ccc(-c2nccs2)cc1)NC(=O)C(CSC(C)=O)Cc1cccc(OC)c1. The summed E-state index contributed by atoms with van der Waals surface area (Å²) in [6.45, 7) is 1.47. The molecule has 0 aliphatic carbocycles. The minimum Gasteiger partial charge on any atom is -0.497 e. The van der Waals surface area contributed by atoms with Gasteiger partial charge in [-0.3, -0.25) is 9.59 Å². The largest absolute Gasteiger partial charge is 0.497 e. The van der Waals surface area contributed by atoms with E-state index in [9.17, 15) is 14.4 Å². The second-order valence-electron chi connectivity index (χ2n) is 7.88. The second kappa shape index (κ2) is 13.1. The Morgan fingerprint density at radius 1 is 1.06 bits per heavy atom. The number of rotatable bonds is 11. The average Bonchev–Trinajstić information content (AvgIpc) is 3.41. The molecule has 0 fully saturated rings. The van der Waals surface area contributed by atoms with Crippen LogP contribution in [0.2, 0.25) is 0 Å². The minimum absolute atomic E-state index is 0.0710.